The highest BCUT2D eigenvalue weighted by atomic mass is 15.3. The number of nitrogens with zero attached hydrogens (tertiary/aromatic N) is 2. The minimum atomic E-state index is 0.641. The van der Waals surface area contributed by atoms with Gasteiger partial charge >= 0.3 is 0 Å². The van der Waals surface area contributed by atoms with Crippen molar-refractivity contribution in [3.8, 4) is 0 Å². The Morgan fingerprint density at radius 1 is 1.16 bits per heavy atom. The first-order valence-electron chi connectivity index (χ1n) is 7.88. The Hall–Kier alpha value is -1.02. The molecule has 0 amide bonds. The Morgan fingerprint density at radius 3 is 2.84 bits per heavy atom. The first kappa shape index (κ1) is 13.0. The summed E-state index contributed by atoms with van der Waals surface area (Å²) in [6, 6.07) is 10.4. The first-order valence-corrected chi connectivity index (χ1v) is 7.88. The largest absolute Gasteiger partial charge is 0.366 e. The Bertz CT molecular complexity index is 429. The summed E-state index contributed by atoms with van der Waals surface area (Å²) in [6.45, 7) is 8.43. The lowest BCUT2D eigenvalue weighted by molar-refractivity contribution is 0.115. The number of aryl methyl sites for hydroxylation is 1. The summed E-state index contributed by atoms with van der Waals surface area (Å²) in [5.74, 6) is 0. The molecule has 2 saturated heterocycles. The van der Waals surface area contributed by atoms with E-state index in [0.717, 1.165) is 12.5 Å². The SMILES string of the molecule is CCc1ccccc1N1CC2CCCCN2CC1C. The van der Waals surface area contributed by atoms with Crippen LogP contribution in [-0.2, 0) is 6.42 Å². The van der Waals surface area contributed by atoms with Crippen molar-refractivity contribution < 1.29 is 0 Å². The van der Waals surface area contributed by atoms with E-state index in [1.165, 1.54) is 50.1 Å². The fourth-order valence-electron chi connectivity index (χ4n) is 3.78. The van der Waals surface area contributed by atoms with Crippen LogP contribution in [0.25, 0.3) is 0 Å². The molecule has 2 aliphatic rings. The van der Waals surface area contributed by atoms with Crippen LogP contribution in [0.5, 0.6) is 0 Å². The van der Waals surface area contributed by atoms with Gasteiger partial charge in [0.1, 0.15) is 0 Å². The van der Waals surface area contributed by atoms with Gasteiger partial charge in [-0.3, -0.25) is 4.90 Å². The van der Waals surface area contributed by atoms with Crippen LogP contribution in [0.3, 0.4) is 0 Å². The molecule has 1 aromatic carbocycles. The maximum absolute atomic E-state index is 2.72. The normalized spacial score (nSPS) is 28.2. The topological polar surface area (TPSA) is 6.48 Å². The number of benzene rings is 1. The van der Waals surface area contributed by atoms with Crippen LogP contribution in [0.4, 0.5) is 5.69 Å². The monoisotopic (exact) mass is 258 g/mol. The maximum atomic E-state index is 2.72. The number of rotatable bonds is 2. The molecule has 0 saturated carbocycles. The van der Waals surface area contributed by atoms with Crippen molar-refractivity contribution in [2.75, 3.05) is 24.5 Å². The second-order valence-corrected chi connectivity index (χ2v) is 6.13. The highest BCUT2D eigenvalue weighted by Crippen LogP contribution is 2.30. The number of hydrogen-bond acceptors (Lipinski definition) is 2. The van der Waals surface area contributed by atoms with Gasteiger partial charge in [-0.2, -0.15) is 0 Å². The minimum Gasteiger partial charge on any atom is -0.366 e. The van der Waals surface area contributed by atoms with E-state index in [-0.39, 0.29) is 0 Å². The molecule has 104 valence electrons. The summed E-state index contributed by atoms with van der Waals surface area (Å²) in [7, 11) is 0. The summed E-state index contributed by atoms with van der Waals surface area (Å²) < 4.78 is 0. The smallest absolute Gasteiger partial charge is 0.0402 e. The number of para-hydroxylation sites is 1. The van der Waals surface area contributed by atoms with Gasteiger partial charge < -0.3 is 4.90 Å². The van der Waals surface area contributed by atoms with E-state index < -0.39 is 0 Å². The van der Waals surface area contributed by atoms with Gasteiger partial charge in [0.15, 0.2) is 0 Å². The van der Waals surface area contributed by atoms with Gasteiger partial charge in [0, 0.05) is 30.9 Å². The van der Waals surface area contributed by atoms with E-state index in [0.29, 0.717) is 6.04 Å². The molecule has 19 heavy (non-hydrogen) atoms. The highest BCUT2D eigenvalue weighted by molar-refractivity contribution is 5.55. The van der Waals surface area contributed by atoms with Gasteiger partial charge in [0.2, 0.25) is 0 Å². The number of piperazine rings is 1. The molecule has 2 unspecified atom stereocenters. The van der Waals surface area contributed by atoms with Crippen molar-refractivity contribution in [2.45, 2.75) is 51.6 Å². The van der Waals surface area contributed by atoms with Crippen molar-refractivity contribution in [2.24, 2.45) is 0 Å². The molecule has 0 aliphatic carbocycles. The molecule has 0 bridgehead atoms. The van der Waals surface area contributed by atoms with Crippen molar-refractivity contribution in [3.63, 3.8) is 0 Å². The van der Waals surface area contributed by atoms with E-state index in [9.17, 15) is 0 Å². The molecule has 2 aliphatic heterocycles. The zero-order valence-electron chi connectivity index (χ0n) is 12.3. The third-order valence-corrected chi connectivity index (χ3v) is 4.87. The van der Waals surface area contributed by atoms with Crippen LogP contribution < -0.4 is 4.90 Å². The molecule has 3 rings (SSSR count). The lowest BCUT2D eigenvalue weighted by Crippen LogP contribution is -2.59. The standard InChI is InChI=1S/C17H26N2/c1-3-15-8-4-5-10-17(15)19-13-16-9-6-7-11-18(16)12-14(19)2/h4-5,8,10,14,16H,3,6-7,9,11-13H2,1-2H3. The van der Waals surface area contributed by atoms with Crippen LogP contribution in [0.2, 0.25) is 0 Å². The van der Waals surface area contributed by atoms with Gasteiger partial charge in [0.05, 0.1) is 0 Å². The van der Waals surface area contributed by atoms with Gasteiger partial charge in [0.25, 0.3) is 0 Å². The zero-order chi connectivity index (χ0) is 13.2. The molecule has 1 aromatic rings. The van der Waals surface area contributed by atoms with Crippen molar-refractivity contribution >= 4 is 5.69 Å². The maximum Gasteiger partial charge on any atom is 0.0402 e. The molecule has 0 spiro atoms. The van der Waals surface area contributed by atoms with E-state index >= 15 is 0 Å². The van der Waals surface area contributed by atoms with Crippen LogP contribution >= 0.6 is 0 Å². The molecule has 2 atom stereocenters. The fourth-order valence-corrected chi connectivity index (χ4v) is 3.78. The Kier molecular flexibility index (Phi) is 3.79. The molecule has 2 fully saturated rings. The fraction of sp³-hybridized carbons (Fsp3) is 0.647. The molecule has 2 nitrogen and oxygen atoms in total. The molecular formula is C17H26N2. The number of fused-ring (bicyclic) bond motifs is 1. The molecule has 0 radical (unpaired) electrons. The Balaban J connectivity index is 1.83. The third-order valence-electron chi connectivity index (χ3n) is 4.87. The molecule has 2 heterocycles. The van der Waals surface area contributed by atoms with Gasteiger partial charge in [-0.05, 0) is 44.4 Å². The number of anilines is 1. The summed E-state index contributed by atoms with van der Waals surface area (Å²) in [5, 5.41) is 0. The lowest BCUT2D eigenvalue weighted by atomic mass is 9.96. The quantitative estimate of drug-likeness (QED) is 0.803. The number of hydrogen-bond donors (Lipinski definition) is 0. The summed E-state index contributed by atoms with van der Waals surface area (Å²) in [5.41, 5.74) is 2.97. The van der Waals surface area contributed by atoms with Gasteiger partial charge in [-0.25, -0.2) is 0 Å². The van der Waals surface area contributed by atoms with Gasteiger partial charge in [-0.15, -0.1) is 0 Å². The van der Waals surface area contributed by atoms with Crippen molar-refractivity contribution in [1.82, 2.24) is 4.90 Å². The molecule has 0 aromatic heterocycles. The van der Waals surface area contributed by atoms with Crippen LogP contribution in [0, 0.1) is 0 Å². The second kappa shape index (κ2) is 5.54. The van der Waals surface area contributed by atoms with E-state index in [2.05, 4.69) is 47.9 Å². The Morgan fingerprint density at radius 2 is 2.00 bits per heavy atom. The van der Waals surface area contributed by atoms with E-state index in [1.54, 1.807) is 0 Å². The second-order valence-electron chi connectivity index (χ2n) is 6.13. The molecule has 2 heteroatoms. The predicted molar refractivity (Wildman–Crippen MR) is 81.8 cm³/mol. The third kappa shape index (κ3) is 2.51. The predicted octanol–water partition coefficient (Wildman–Crippen LogP) is 3.31. The van der Waals surface area contributed by atoms with Crippen molar-refractivity contribution in [3.05, 3.63) is 29.8 Å². The molecular weight excluding hydrogens is 232 g/mol. The summed E-state index contributed by atoms with van der Waals surface area (Å²) in [4.78, 5) is 5.38. The summed E-state index contributed by atoms with van der Waals surface area (Å²) >= 11 is 0. The summed E-state index contributed by atoms with van der Waals surface area (Å²) in [6.07, 6.45) is 5.33. The van der Waals surface area contributed by atoms with Gasteiger partial charge in [-0.1, -0.05) is 31.5 Å². The number of piperidine rings is 1. The van der Waals surface area contributed by atoms with E-state index in [4.69, 9.17) is 0 Å². The Labute approximate surface area is 117 Å². The van der Waals surface area contributed by atoms with Crippen molar-refractivity contribution in [1.29, 1.82) is 0 Å². The van der Waals surface area contributed by atoms with Crippen LogP contribution in [0.1, 0.15) is 38.7 Å². The average molecular weight is 258 g/mol. The lowest BCUT2D eigenvalue weighted by Gasteiger charge is -2.49. The van der Waals surface area contributed by atoms with Crippen LogP contribution in [-0.4, -0.2) is 36.6 Å². The average Bonchev–Trinajstić information content (AvgIpc) is 2.46. The van der Waals surface area contributed by atoms with Crippen LogP contribution in [0.15, 0.2) is 24.3 Å². The minimum absolute atomic E-state index is 0.641. The zero-order valence-corrected chi connectivity index (χ0v) is 12.3. The highest BCUT2D eigenvalue weighted by Gasteiger charge is 2.33. The van der Waals surface area contributed by atoms with E-state index in [1.807, 2.05) is 0 Å². The first-order chi connectivity index (χ1) is 9.29. The molecule has 0 N–H and O–H groups in total.